The predicted octanol–water partition coefficient (Wildman–Crippen LogP) is 1.47. The van der Waals surface area contributed by atoms with Crippen LogP contribution in [0.5, 0.6) is 0 Å². The van der Waals surface area contributed by atoms with Crippen LogP contribution in [0.3, 0.4) is 0 Å². The topological polar surface area (TPSA) is 85.1 Å². The Morgan fingerprint density at radius 3 is 2.65 bits per heavy atom. The lowest BCUT2D eigenvalue weighted by Gasteiger charge is -2.05. The zero-order valence-electron chi connectivity index (χ0n) is 11.8. The first-order valence-corrected chi connectivity index (χ1v) is 7.19. The van der Waals surface area contributed by atoms with E-state index < -0.39 is 11.7 Å². The number of rotatable bonds is 5. The van der Waals surface area contributed by atoms with E-state index in [-0.39, 0.29) is 11.7 Å². The molecule has 0 fully saturated rings. The van der Waals surface area contributed by atoms with Gasteiger partial charge in [0.25, 0.3) is 5.91 Å². The lowest BCUT2D eigenvalue weighted by atomic mass is 10.1. The van der Waals surface area contributed by atoms with Crippen molar-refractivity contribution in [2.75, 3.05) is 5.75 Å². The smallest absolute Gasteiger partial charge is 0.272 e. The maximum absolute atomic E-state index is 12.4. The molecule has 1 amide bonds. The van der Waals surface area contributed by atoms with Crippen molar-refractivity contribution in [1.29, 1.82) is 0 Å². The lowest BCUT2D eigenvalue weighted by Crippen LogP contribution is -2.19. The van der Waals surface area contributed by atoms with Gasteiger partial charge in [-0.15, -0.1) is 5.10 Å². The molecular weight excluding hydrogens is 333 g/mol. The summed E-state index contributed by atoms with van der Waals surface area (Å²) in [7, 11) is 1.64. The van der Waals surface area contributed by atoms with Crippen molar-refractivity contribution >= 4 is 23.9 Å². The molecule has 1 N–H and O–H groups in total. The number of thioether (sulfide) groups is 1. The number of amides is 1. The molecule has 1 aromatic carbocycles. The van der Waals surface area contributed by atoms with Crippen LogP contribution < -0.4 is 5.43 Å². The Morgan fingerprint density at radius 2 is 2.09 bits per heavy atom. The number of halogens is 3. The summed E-state index contributed by atoms with van der Waals surface area (Å²) >= 11 is 1.13. The van der Waals surface area contributed by atoms with Crippen molar-refractivity contribution in [3.05, 3.63) is 35.4 Å². The van der Waals surface area contributed by atoms with Crippen LogP contribution in [-0.4, -0.2) is 38.1 Å². The molecule has 1 aromatic heterocycles. The van der Waals surface area contributed by atoms with Crippen molar-refractivity contribution in [3.63, 3.8) is 0 Å². The van der Waals surface area contributed by atoms with Gasteiger partial charge in [-0.3, -0.25) is 4.79 Å². The summed E-state index contributed by atoms with van der Waals surface area (Å²) in [6.45, 7) is 0. The molecule has 23 heavy (non-hydrogen) atoms. The number of tetrazole rings is 1. The minimum Gasteiger partial charge on any atom is -0.272 e. The van der Waals surface area contributed by atoms with E-state index in [4.69, 9.17) is 0 Å². The summed E-state index contributed by atoms with van der Waals surface area (Å²) in [5.74, 6) is -0.334. The highest BCUT2D eigenvalue weighted by atomic mass is 32.2. The van der Waals surface area contributed by atoms with E-state index in [1.54, 1.807) is 7.05 Å². The van der Waals surface area contributed by atoms with Crippen LogP contribution in [0.1, 0.15) is 11.1 Å². The highest BCUT2D eigenvalue weighted by Gasteiger charge is 2.29. The van der Waals surface area contributed by atoms with Crippen LogP contribution in [0.4, 0.5) is 13.2 Å². The van der Waals surface area contributed by atoms with Crippen LogP contribution in [0.25, 0.3) is 0 Å². The maximum atomic E-state index is 12.4. The first kappa shape index (κ1) is 16.9. The van der Waals surface area contributed by atoms with Crippen molar-refractivity contribution in [2.24, 2.45) is 12.1 Å². The Labute approximate surface area is 132 Å². The highest BCUT2D eigenvalue weighted by Crippen LogP contribution is 2.28. The molecule has 7 nitrogen and oxygen atoms in total. The first-order valence-electron chi connectivity index (χ1n) is 6.20. The number of alkyl halides is 3. The van der Waals surface area contributed by atoms with Gasteiger partial charge < -0.3 is 0 Å². The molecular formula is C12H11F3N6OS. The number of aryl methyl sites for hydroxylation is 1. The first-order chi connectivity index (χ1) is 10.9. The minimum atomic E-state index is -4.38. The Morgan fingerprint density at radius 1 is 1.39 bits per heavy atom. The van der Waals surface area contributed by atoms with Crippen LogP contribution in [0.2, 0.25) is 0 Å². The molecule has 11 heteroatoms. The summed E-state index contributed by atoms with van der Waals surface area (Å²) in [6, 6.07) is 4.41. The Balaban J connectivity index is 1.81. The van der Waals surface area contributed by atoms with E-state index in [0.29, 0.717) is 10.7 Å². The van der Waals surface area contributed by atoms with E-state index in [9.17, 15) is 18.0 Å². The molecule has 0 saturated carbocycles. The molecule has 0 unspecified atom stereocenters. The van der Waals surface area contributed by atoms with Gasteiger partial charge in [-0.2, -0.15) is 18.3 Å². The van der Waals surface area contributed by atoms with Gasteiger partial charge in [-0.05, 0) is 28.1 Å². The van der Waals surface area contributed by atoms with E-state index in [0.717, 1.165) is 23.9 Å². The number of nitrogens with zero attached hydrogens (tertiary/aromatic N) is 5. The molecule has 0 spiro atoms. The fourth-order valence-corrected chi connectivity index (χ4v) is 2.09. The summed E-state index contributed by atoms with van der Waals surface area (Å²) in [6.07, 6.45) is -3.12. The van der Waals surface area contributed by atoms with Gasteiger partial charge in [0.15, 0.2) is 0 Å². The number of carbonyl (C=O) groups excluding carboxylic acids is 1. The van der Waals surface area contributed by atoms with Crippen molar-refractivity contribution in [3.8, 4) is 0 Å². The summed E-state index contributed by atoms with van der Waals surface area (Å²) < 4.78 is 38.6. The number of nitrogens with one attached hydrogen (secondary N) is 1. The third kappa shape index (κ3) is 5.06. The highest BCUT2D eigenvalue weighted by molar-refractivity contribution is 7.99. The fourth-order valence-electron chi connectivity index (χ4n) is 1.44. The monoisotopic (exact) mass is 344 g/mol. The SMILES string of the molecule is Cn1nnnc1SCC(=O)N/N=C/c1ccc(C(F)(F)F)cc1. The van der Waals surface area contributed by atoms with Crippen LogP contribution in [0, 0.1) is 0 Å². The number of carbonyl (C=O) groups is 1. The molecule has 0 saturated heterocycles. The standard InChI is InChI=1S/C12H11F3N6OS/c1-21-11(18-19-20-21)23-7-10(22)17-16-6-8-2-4-9(5-3-8)12(13,14)15/h2-6H,7H2,1H3,(H,17,22)/b16-6+. The predicted molar refractivity (Wildman–Crippen MR) is 76.7 cm³/mol. The zero-order chi connectivity index (χ0) is 16.9. The Kier molecular flexibility index (Phi) is 5.32. The van der Waals surface area contributed by atoms with Crippen LogP contribution in [0.15, 0.2) is 34.5 Å². The average Bonchev–Trinajstić information content (AvgIpc) is 2.90. The van der Waals surface area contributed by atoms with Crippen LogP contribution >= 0.6 is 11.8 Å². The van der Waals surface area contributed by atoms with Gasteiger partial charge in [0, 0.05) is 7.05 Å². The van der Waals surface area contributed by atoms with Gasteiger partial charge in [0.1, 0.15) is 0 Å². The van der Waals surface area contributed by atoms with Gasteiger partial charge in [0.2, 0.25) is 5.16 Å². The largest absolute Gasteiger partial charge is 0.416 e. The number of hydrazone groups is 1. The molecule has 0 atom stereocenters. The second-order valence-corrected chi connectivity index (χ2v) is 5.23. The number of hydrogen-bond donors (Lipinski definition) is 1. The summed E-state index contributed by atoms with van der Waals surface area (Å²) in [4.78, 5) is 11.6. The van der Waals surface area contributed by atoms with Gasteiger partial charge in [-0.25, -0.2) is 10.1 Å². The van der Waals surface area contributed by atoms with E-state index >= 15 is 0 Å². The Bertz CT molecular complexity index is 698. The zero-order valence-corrected chi connectivity index (χ0v) is 12.6. The van der Waals surface area contributed by atoms with Crippen LogP contribution in [-0.2, 0) is 18.0 Å². The fraction of sp³-hybridized carbons (Fsp3) is 0.250. The average molecular weight is 344 g/mol. The molecule has 0 aliphatic heterocycles. The number of benzene rings is 1. The van der Waals surface area contributed by atoms with E-state index in [1.165, 1.54) is 23.0 Å². The molecule has 0 bridgehead atoms. The molecule has 0 aliphatic rings. The van der Waals surface area contributed by atoms with Crippen molar-refractivity contribution < 1.29 is 18.0 Å². The quantitative estimate of drug-likeness (QED) is 0.504. The van der Waals surface area contributed by atoms with Gasteiger partial charge in [0.05, 0.1) is 17.5 Å². The lowest BCUT2D eigenvalue weighted by molar-refractivity contribution is -0.137. The second kappa shape index (κ2) is 7.22. The molecule has 2 rings (SSSR count). The van der Waals surface area contributed by atoms with E-state index in [2.05, 4.69) is 26.1 Å². The molecule has 0 aliphatic carbocycles. The third-order valence-corrected chi connectivity index (χ3v) is 3.57. The molecule has 122 valence electrons. The van der Waals surface area contributed by atoms with Crippen molar-refractivity contribution in [1.82, 2.24) is 25.6 Å². The maximum Gasteiger partial charge on any atom is 0.416 e. The number of hydrogen-bond acceptors (Lipinski definition) is 6. The van der Waals surface area contributed by atoms with E-state index in [1.807, 2.05) is 0 Å². The van der Waals surface area contributed by atoms with Crippen molar-refractivity contribution in [2.45, 2.75) is 11.3 Å². The minimum absolute atomic E-state index is 0.0541. The second-order valence-electron chi connectivity index (χ2n) is 4.29. The van der Waals surface area contributed by atoms with Gasteiger partial charge >= 0.3 is 6.18 Å². The summed E-state index contributed by atoms with van der Waals surface area (Å²) in [5.41, 5.74) is 1.96. The molecule has 2 aromatic rings. The summed E-state index contributed by atoms with van der Waals surface area (Å²) in [5, 5.41) is 14.9. The Hall–Kier alpha value is -2.43. The third-order valence-electron chi connectivity index (χ3n) is 2.55. The molecule has 1 heterocycles. The number of aromatic nitrogens is 4. The van der Waals surface area contributed by atoms with Gasteiger partial charge in [-0.1, -0.05) is 23.9 Å². The normalized spacial score (nSPS) is 11.8. The molecule has 0 radical (unpaired) electrons.